The maximum Gasteiger partial charge on any atom is 0.327 e. The molecule has 0 spiro atoms. The van der Waals surface area contributed by atoms with E-state index >= 15 is 0 Å². The van der Waals surface area contributed by atoms with E-state index in [9.17, 15) is 29.5 Å². The van der Waals surface area contributed by atoms with Crippen LogP contribution in [0.5, 0.6) is 0 Å². The smallest absolute Gasteiger partial charge is 0.327 e. The van der Waals surface area contributed by atoms with Crippen molar-refractivity contribution in [2.24, 2.45) is 0 Å². The molecule has 0 aromatic heterocycles. The van der Waals surface area contributed by atoms with Crippen LogP contribution in [0.1, 0.15) is 194 Å². The zero-order chi connectivity index (χ0) is 39.9. The van der Waals surface area contributed by atoms with Gasteiger partial charge in [-0.3, -0.25) is 14.1 Å². The molecule has 0 aliphatic rings. The topological polar surface area (TPSA) is 121 Å². The predicted molar refractivity (Wildman–Crippen MR) is 223 cm³/mol. The summed E-state index contributed by atoms with van der Waals surface area (Å²) in [6, 6.07) is 0. The fraction of sp³-hybridized carbons (Fsp3) is 0.864. The highest BCUT2D eigenvalue weighted by atomic mass is 31.1. The van der Waals surface area contributed by atoms with Crippen LogP contribution in [-0.4, -0.2) is 84.0 Å². The Morgan fingerprint density at radius 3 is 1.34 bits per heavy atom. The zero-order valence-corrected chi connectivity index (χ0v) is 36.1. The lowest BCUT2D eigenvalue weighted by atomic mass is 9.85. The Kier molecular flexibility index (Phi) is 39.6. The van der Waals surface area contributed by atoms with Gasteiger partial charge >= 0.3 is 8.69 Å². The molecule has 0 aliphatic heterocycles. The maximum atomic E-state index is 12.7. The van der Waals surface area contributed by atoms with Gasteiger partial charge in [0.2, 0.25) is 0 Å². The van der Waals surface area contributed by atoms with Gasteiger partial charge < -0.3 is 19.8 Å². The van der Waals surface area contributed by atoms with Crippen molar-refractivity contribution in [3.05, 3.63) is 24.3 Å². The third-order valence-electron chi connectivity index (χ3n) is 9.74. The number of ketones is 2. The van der Waals surface area contributed by atoms with Crippen molar-refractivity contribution in [1.82, 2.24) is 0 Å². The Morgan fingerprint density at radius 2 is 0.981 bits per heavy atom. The van der Waals surface area contributed by atoms with Gasteiger partial charge in [-0.05, 0) is 64.2 Å². The van der Waals surface area contributed by atoms with Crippen LogP contribution in [0.15, 0.2) is 24.3 Å². The molecule has 53 heavy (non-hydrogen) atoms. The number of carbonyl (C=O) groups is 2. The molecule has 312 valence electrons. The third kappa shape index (κ3) is 36.1. The number of unbranched alkanes of at least 4 members (excludes halogenated alkanes) is 22. The molecule has 9 heteroatoms. The first-order chi connectivity index (χ1) is 25.5. The first kappa shape index (κ1) is 53.8. The molecule has 3 N–H and O–H groups in total. The average Bonchev–Trinajstić information content (AvgIpc) is 3.13. The van der Waals surface area contributed by atoms with E-state index in [0.29, 0.717) is 19.4 Å². The van der Waals surface area contributed by atoms with Gasteiger partial charge in [0.15, 0.2) is 23.3 Å². The van der Waals surface area contributed by atoms with E-state index in [1.165, 1.54) is 89.9 Å². The summed E-state index contributed by atoms with van der Waals surface area (Å²) in [5, 5.41) is 30.8. The Balaban J connectivity index is 0. The van der Waals surface area contributed by atoms with E-state index in [1.54, 1.807) is 0 Å². The van der Waals surface area contributed by atoms with Crippen molar-refractivity contribution in [3.8, 4) is 0 Å². The maximum absolute atomic E-state index is 12.7. The molecule has 0 saturated heterocycles. The Bertz CT molecular complexity index is 905. The number of allylic oxidation sites excluding steroid dienone is 4. The number of nitrogens with zero attached hydrogens (tertiary/aromatic N) is 1. The highest BCUT2D eigenvalue weighted by Gasteiger charge is 2.45. The Morgan fingerprint density at radius 1 is 0.623 bits per heavy atom. The monoisotopic (exact) mass is 771 g/mol. The van der Waals surface area contributed by atoms with Crippen LogP contribution < -0.4 is 0 Å². The van der Waals surface area contributed by atoms with Crippen LogP contribution in [0.25, 0.3) is 0 Å². The van der Waals surface area contributed by atoms with E-state index in [0.717, 1.165) is 75.2 Å². The summed E-state index contributed by atoms with van der Waals surface area (Å²) in [6.07, 6.45) is 37.4. The molecule has 0 aromatic carbocycles. The summed E-state index contributed by atoms with van der Waals surface area (Å²) in [4.78, 5) is 25.2. The summed E-state index contributed by atoms with van der Waals surface area (Å²) < 4.78 is 15.2. The summed E-state index contributed by atoms with van der Waals surface area (Å²) in [7, 11) is 5.96. The number of likely N-dealkylation sites (N-methyl/N-ethyl adjacent to an activating group) is 1. The zero-order valence-electron chi connectivity index (χ0n) is 35.2. The summed E-state index contributed by atoms with van der Waals surface area (Å²) in [5.41, 5.74) is -2.39. The highest BCUT2D eigenvalue weighted by Crippen LogP contribution is 2.20. The van der Waals surface area contributed by atoms with Gasteiger partial charge in [-0.1, -0.05) is 141 Å². The standard InChI is InChI=1S/C39H72O5.C5H13NO2P/c1-3-5-7-9-11-13-15-17-19-21-23-25-27-29-31-33-36(41)38(43)39(44,35-40)37(42)34-32-30-28-26-24-22-20-18-16-14-12-10-8-6-4-2;1-6(2,3)4-5-8-9-7/h17-20,38,40,43-44H,3-16,21-35H2,1-2H3;4-5H2,1-3H3/q;+1/b19-17-,20-18-;. The minimum absolute atomic E-state index is 0.0625. The van der Waals surface area contributed by atoms with E-state index in [2.05, 4.69) is 63.8 Å². The van der Waals surface area contributed by atoms with E-state index < -0.39 is 29.9 Å². The Hall–Kier alpha value is -1.28. The SMILES string of the molecule is CCCCCCCC/C=C\CCCCCCCC(=O)C(O)C(O)(CO)C(=O)CCCCCCC/C=C\CCCCCCCC.C[N+](C)(C)CCOP=O. The van der Waals surface area contributed by atoms with Gasteiger partial charge in [0.25, 0.3) is 0 Å². The molecule has 0 aromatic rings. The average molecular weight is 771 g/mol. The lowest BCUT2D eigenvalue weighted by Crippen LogP contribution is -2.55. The number of aliphatic hydroxyl groups is 3. The highest BCUT2D eigenvalue weighted by molar-refractivity contribution is 7.17. The van der Waals surface area contributed by atoms with Crippen LogP contribution in [0.2, 0.25) is 0 Å². The molecule has 8 nitrogen and oxygen atoms in total. The first-order valence-electron chi connectivity index (χ1n) is 21.6. The van der Waals surface area contributed by atoms with Gasteiger partial charge in [0.1, 0.15) is 13.2 Å². The lowest BCUT2D eigenvalue weighted by Gasteiger charge is -2.29. The molecular formula is C44H85NO7P+. The second kappa shape index (κ2) is 39.0. The van der Waals surface area contributed by atoms with Gasteiger partial charge in [0.05, 0.1) is 27.7 Å². The van der Waals surface area contributed by atoms with Crippen LogP contribution in [0.4, 0.5) is 0 Å². The van der Waals surface area contributed by atoms with Gasteiger partial charge in [0, 0.05) is 12.8 Å². The van der Waals surface area contributed by atoms with E-state index in [4.69, 9.17) is 0 Å². The first-order valence-corrected chi connectivity index (χ1v) is 22.4. The van der Waals surface area contributed by atoms with Crippen molar-refractivity contribution in [2.45, 2.75) is 205 Å². The lowest BCUT2D eigenvalue weighted by molar-refractivity contribution is -0.870. The fourth-order valence-corrected chi connectivity index (χ4v) is 6.18. The molecule has 0 heterocycles. The van der Waals surface area contributed by atoms with Crippen molar-refractivity contribution in [1.29, 1.82) is 0 Å². The van der Waals surface area contributed by atoms with E-state index in [1.807, 2.05) is 0 Å². The molecule has 0 rings (SSSR count). The summed E-state index contributed by atoms with van der Waals surface area (Å²) in [5.74, 6) is -1.19. The van der Waals surface area contributed by atoms with Crippen molar-refractivity contribution < 1.29 is 38.5 Å². The molecule has 0 bridgehead atoms. The number of rotatable bonds is 38. The molecule has 0 radical (unpaired) electrons. The second-order valence-electron chi connectivity index (χ2n) is 16.0. The molecular weight excluding hydrogens is 685 g/mol. The van der Waals surface area contributed by atoms with Crippen molar-refractivity contribution >= 4 is 20.3 Å². The van der Waals surface area contributed by atoms with E-state index in [-0.39, 0.29) is 21.5 Å². The van der Waals surface area contributed by atoms with Gasteiger partial charge in [-0.25, -0.2) is 4.57 Å². The van der Waals surface area contributed by atoms with Gasteiger partial charge in [-0.15, -0.1) is 0 Å². The quantitative estimate of drug-likeness (QED) is 0.0247. The molecule has 0 aliphatic carbocycles. The number of hydrogen-bond donors (Lipinski definition) is 3. The van der Waals surface area contributed by atoms with Crippen LogP contribution in [0.3, 0.4) is 0 Å². The number of quaternary nitrogens is 1. The normalized spacial score (nSPS) is 13.7. The molecule has 2 atom stereocenters. The Labute approximate surface area is 328 Å². The predicted octanol–water partition coefficient (Wildman–Crippen LogP) is 11.2. The number of carbonyl (C=O) groups excluding carboxylic acids is 2. The summed E-state index contributed by atoms with van der Waals surface area (Å²) >= 11 is 0. The number of Topliss-reactive ketones (excluding diaryl/α,β-unsaturated/α-hetero) is 2. The number of aliphatic hydroxyl groups excluding tert-OH is 2. The minimum atomic E-state index is -2.39. The molecule has 0 amide bonds. The van der Waals surface area contributed by atoms with Crippen LogP contribution in [-0.2, 0) is 18.7 Å². The van der Waals surface area contributed by atoms with Crippen molar-refractivity contribution in [2.75, 3.05) is 40.9 Å². The second-order valence-corrected chi connectivity index (χ2v) is 16.4. The molecule has 2 unspecified atom stereocenters. The fourth-order valence-electron chi connectivity index (χ4n) is 6.02. The molecule has 0 saturated carbocycles. The molecule has 0 fully saturated rings. The van der Waals surface area contributed by atoms with Crippen LogP contribution >= 0.6 is 8.69 Å². The summed E-state index contributed by atoms with van der Waals surface area (Å²) in [6.45, 7) is 4.99. The largest absolute Gasteiger partial charge is 0.393 e. The van der Waals surface area contributed by atoms with Crippen LogP contribution in [0, 0.1) is 0 Å². The third-order valence-corrected chi connectivity index (χ3v) is 10.0. The van der Waals surface area contributed by atoms with Crippen molar-refractivity contribution in [3.63, 3.8) is 0 Å². The minimum Gasteiger partial charge on any atom is -0.393 e. The number of hydrogen-bond acceptors (Lipinski definition) is 7. The van der Waals surface area contributed by atoms with Gasteiger partial charge in [-0.2, -0.15) is 0 Å².